The molecule has 1 unspecified atom stereocenters. The van der Waals surface area contributed by atoms with Crippen LogP contribution in [0.2, 0.25) is 0 Å². The molecule has 3 N–H and O–H groups in total. The maximum Gasteiger partial charge on any atom is 0.146 e. The van der Waals surface area contributed by atoms with Crippen molar-refractivity contribution in [2.45, 2.75) is 38.8 Å². The maximum absolute atomic E-state index is 14.1. The molecule has 1 fully saturated rings. The molecule has 2 rings (SSSR count). The minimum absolute atomic E-state index is 0.149. The number of piperidine rings is 1. The van der Waals surface area contributed by atoms with Gasteiger partial charge in [-0.1, -0.05) is 6.07 Å². The summed E-state index contributed by atoms with van der Waals surface area (Å²) in [6, 6.07) is 5.09. The Bertz CT molecular complexity index is 426. The summed E-state index contributed by atoms with van der Waals surface area (Å²) in [4.78, 5) is 2.05. The quantitative estimate of drug-likeness (QED) is 0.883. The van der Waals surface area contributed by atoms with E-state index in [-0.39, 0.29) is 18.0 Å². The summed E-state index contributed by atoms with van der Waals surface area (Å²) in [7, 11) is 0. The molecule has 1 aromatic carbocycles. The van der Waals surface area contributed by atoms with Crippen LogP contribution < -0.4 is 10.6 Å². The van der Waals surface area contributed by atoms with Crippen molar-refractivity contribution in [1.29, 1.82) is 0 Å². The second-order valence-corrected chi connectivity index (χ2v) is 5.56. The Morgan fingerprint density at radius 3 is 2.42 bits per heavy atom. The van der Waals surface area contributed by atoms with E-state index in [1.807, 2.05) is 26.0 Å². The normalized spacial score (nSPS) is 20.4. The van der Waals surface area contributed by atoms with E-state index in [2.05, 4.69) is 4.90 Å². The Morgan fingerprint density at radius 1 is 1.32 bits per heavy atom. The molecular weight excluding hydrogens is 243 g/mol. The molecule has 0 saturated carbocycles. The van der Waals surface area contributed by atoms with E-state index in [9.17, 15) is 9.50 Å². The Balaban J connectivity index is 2.07. The number of halogens is 1. The van der Waals surface area contributed by atoms with E-state index >= 15 is 0 Å². The van der Waals surface area contributed by atoms with Crippen LogP contribution in [0, 0.1) is 11.7 Å². The maximum atomic E-state index is 14.1. The van der Waals surface area contributed by atoms with Crippen LogP contribution in [0.15, 0.2) is 18.2 Å². The summed E-state index contributed by atoms with van der Waals surface area (Å²) in [6.45, 7) is 5.27. The first kappa shape index (κ1) is 14.3. The fourth-order valence-electron chi connectivity index (χ4n) is 2.69. The minimum atomic E-state index is -0.271. The zero-order valence-electron chi connectivity index (χ0n) is 11.6. The second kappa shape index (κ2) is 5.88. The number of rotatable bonds is 3. The predicted octanol–water partition coefficient (Wildman–Crippen LogP) is 2.44. The van der Waals surface area contributed by atoms with Crippen LogP contribution in [0.1, 0.15) is 38.3 Å². The monoisotopic (exact) mass is 266 g/mol. The molecule has 1 aliphatic rings. The van der Waals surface area contributed by atoms with E-state index in [1.54, 1.807) is 0 Å². The number of hydrogen-bond donors (Lipinski definition) is 2. The van der Waals surface area contributed by atoms with Crippen LogP contribution in [0.4, 0.5) is 10.1 Å². The van der Waals surface area contributed by atoms with E-state index in [0.717, 1.165) is 31.5 Å². The first-order chi connectivity index (χ1) is 8.99. The topological polar surface area (TPSA) is 49.5 Å². The third-order valence-corrected chi connectivity index (χ3v) is 4.06. The van der Waals surface area contributed by atoms with Gasteiger partial charge in [0.15, 0.2) is 0 Å². The highest BCUT2D eigenvalue weighted by molar-refractivity contribution is 5.50. The highest BCUT2D eigenvalue weighted by Crippen LogP contribution is 2.28. The molecule has 3 nitrogen and oxygen atoms in total. The van der Waals surface area contributed by atoms with Crippen LogP contribution in [0.25, 0.3) is 0 Å². The number of hydrogen-bond acceptors (Lipinski definition) is 3. The summed E-state index contributed by atoms with van der Waals surface area (Å²) >= 11 is 0. The van der Waals surface area contributed by atoms with Crippen LogP contribution in [-0.4, -0.2) is 24.3 Å². The lowest BCUT2D eigenvalue weighted by Crippen LogP contribution is -2.37. The summed E-state index contributed by atoms with van der Waals surface area (Å²) in [5.74, 6) is 0.132. The number of anilines is 1. The molecule has 1 saturated heterocycles. The number of aliphatic hydroxyl groups excluding tert-OH is 1. The number of aliphatic hydroxyl groups is 1. The third kappa shape index (κ3) is 3.25. The van der Waals surface area contributed by atoms with Crippen molar-refractivity contribution in [2.24, 2.45) is 11.7 Å². The van der Waals surface area contributed by atoms with Gasteiger partial charge in [-0.05, 0) is 50.3 Å². The predicted molar refractivity (Wildman–Crippen MR) is 75.6 cm³/mol. The van der Waals surface area contributed by atoms with Gasteiger partial charge in [0.2, 0.25) is 0 Å². The summed E-state index contributed by atoms with van der Waals surface area (Å²) in [5, 5.41) is 9.58. The van der Waals surface area contributed by atoms with Crippen molar-refractivity contribution in [2.75, 3.05) is 18.0 Å². The summed E-state index contributed by atoms with van der Waals surface area (Å²) in [6.07, 6.45) is 1.55. The molecule has 106 valence electrons. The summed E-state index contributed by atoms with van der Waals surface area (Å²) in [5.41, 5.74) is 7.22. The van der Waals surface area contributed by atoms with Crippen LogP contribution in [0.3, 0.4) is 0 Å². The number of nitrogens with two attached hydrogens (primary N) is 1. The van der Waals surface area contributed by atoms with Gasteiger partial charge in [0.1, 0.15) is 5.82 Å². The van der Waals surface area contributed by atoms with Gasteiger partial charge in [0, 0.05) is 19.1 Å². The van der Waals surface area contributed by atoms with E-state index in [4.69, 9.17) is 5.73 Å². The molecule has 2 atom stereocenters. The fourth-order valence-corrected chi connectivity index (χ4v) is 2.69. The van der Waals surface area contributed by atoms with Gasteiger partial charge in [-0.25, -0.2) is 4.39 Å². The van der Waals surface area contributed by atoms with Crippen molar-refractivity contribution in [3.8, 4) is 0 Å². The van der Waals surface area contributed by atoms with Crippen LogP contribution >= 0.6 is 0 Å². The molecule has 0 aliphatic carbocycles. The summed E-state index contributed by atoms with van der Waals surface area (Å²) < 4.78 is 14.1. The van der Waals surface area contributed by atoms with Crippen LogP contribution in [0.5, 0.6) is 0 Å². The molecule has 0 aromatic heterocycles. The standard InChI is InChI=1S/C15H23FN2O/c1-10(17)13-3-4-15(14(16)9-13)18-7-5-12(6-8-18)11(2)19/h3-4,9-12,19H,5-8,17H2,1-2H3/t10-,11?/m0/s1. The first-order valence-electron chi connectivity index (χ1n) is 6.97. The number of benzene rings is 1. The zero-order chi connectivity index (χ0) is 14.0. The first-order valence-corrected chi connectivity index (χ1v) is 6.97. The zero-order valence-corrected chi connectivity index (χ0v) is 11.6. The smallest absolute Gasteiger partial charge is 0.146 e. The Morgan fingerprint density at radius 2 is 1.95 bits per heavy atom. The largest absolute Gasteiger partial charge is 0.393 e. The van der Waals surface area contributed by atoms with Gasteiger partial charge in [-0.15, -0.1) is 0 Å². The highest BCUT2D eigenvalue weighted by Gasteiger charge is 2.24. The number of nitrogens with zero attached hydrogens (tertiary/aromatic N) is 1. The average molecular weight is 266 g/mol. The molecular formula is C15H23FN2O. The van der Waals surface area contributed by atoms with Gasteiger partial charge in [0.25, 0.3) is 0 Å². The van der Waals surface area contributed by atoms with E-state index < -0.39 is 0 Å². The molecule has 19 heavy (non-hydrogen) atoms. The second-order valence-electron chi connectivity index (χ2n) is 5.56. The molecule has 0 bridgehead atoms. The van der Waals surface area contributed by atoms with E-state index in [0.29, 0.717) is 11.6 Å². The van der Waals surface area contributed by atoms with Gasteiger partial charge in [-0.2, -0.15) is 0 Å². The van der Waals surface area contributed by atoms with Crippen molar-refractivity contribution >= 4 is 5.69 Å². The minimum Gasteiger partial charge on any atom is -0.393 e. The Hall–Kier alpha value is -1.13. The molecule has 1 aromatic rings. The molecule has 0 amide bonds. The Kier molecular flexibility index (Phi) is 4.42. The molecule has 1 heterocycles. The van der Waals surface area contributed by atoms with Crippen molar-refractivity contribution < 1.29 is 9.50 Å². The fraction of sp³-hybridized carbons (Fsp3) is 0.600. The van der Waals surface area contributed by atoms with Gasteiger partial charge >= 0.3 is 0 Å². The Labute approximate surface area is 114 Å². The SMILES string of the molecule is CC(O)C1CCN(c2ccc([C@H](C)N)cc2F)CC1. The van der Waals surface area contributed by atoms with Gasteiger partial charge in [-0.3, -0.25) is 0 Å². The lowest BCUT2D eigenvalue weighted by molar-refractivity contribution is 0.110. The third-order valence-electron chi connectivity index (χ3n) is 4.06. The van der Waals surface area contributed by atoms with Gasteiger partial charge in [0.05, 0.1) is 11.8 Å². The van der Waals surface area contributed by atoms with Crippen LogP contribution in [-0.2, 0) is 0 Å². The lowest BCUT2D eigenvalue weighted by Gasteiger charge is -2.35. The molecule has 0 radical (unpaired) electrons. The molecule has 4 heteroatoms. The highest BCUT2D eigenvalue weighted by atomic mass is 19.1. The average Bonchev–Trinajstić information content (AvgIpc) is 2.38. The lowest BCUT2D eigenvalue weighted by atomic mass is 9.92. The molecule has 1 aliphatic heterocycles. The van der Waals surface area contributed by atoms with E-state index in [1.165, 1.54) is 6.07 Å². The molecule has 0 spiro atoms. The van der Waals surface area contributed by atoms with Crippen molar-refractivity contribution in [3.05, 3.63) is 29.6 Å². The van der Waals surface area contributed by atoms with Gasteiger partial charge < -0.3 is 15.7 Å². The van der Waals surface area contributed by atoms with Crippen molar-refractivity contribution in [3.63, 3.8) is 0 Å². The van der Waals surface area contributed by atoms with Crippen molar-refractivity contribution in [1.82, 2.24) is 0 Å².